The quantitative estimate of drug-likeness (QED) is 0.690. The number of rotatable bonds is 3. The van der Waals surface area contributed by atoms with Crippen molar-refractivity contribution in [2.45, 2.75) is 19.9 Å². The van der Waals surface area contributed by atoms with E-state index >= 15 is 0 Å². The molecule has 0 radical (unpaired) electrons. The summed E-state index contributed by atoms with van der Waals surface area (Å²) in [4.78, 5) is 31.4. The zero-order valence-electron chi connectivity index (χ0n) is 15.8. The number of halogens is 2. The van der Waals surface area contributed by atoms with E-state index in [-0.39, 0.29) is 22.9 Å². The van der Waals surface area contributed by atoms with Crippen LogP contribution in [0.5, 0.6) is 0 Å². The van der Waals surface area contributed by atoms with Crippen molar-refractivity contribution in [3.05, 3.63) is 76.6 Å². The molecule has 0 spiro atoms. The molecule has 2 aromatic heterocycles. The van der Waals surface area contributed by atoms with Crippen LogP contribution >= 0.6 is 11.6 Å². The zero-order chi connectivity index (χ0) is 20.7. The Morgan fingerprint density at radius 3 is 2.83 bits per heavy atom. The summed E-state index contributed by atoms with van der Waals surface area (Å²) in [6, 6.07) is 7.64. The predicted molar refractivity (Wildman–Crippen MR) is 109 cm³/mol. The predicted octanol–water partition coefficient (Wildman–Crippen LogP) is 4.46. The first-order valence-electron chi connectivity index (χ1n) is 9.06. The Morgan fingerprint density at radius 2 is 2.10 bits per heavy atom. The Kier molecular flexibility index (Phi) is 4.84. The van der Waals surface area contributed by atoms with Gasteiger partial charge in [-0.25, -0.2) is 4.39 Å². The number of hydrogen-bond donors (Lipinski definition) is 1. The molecular formula is C21H18ClFN4O2. The zero-order valence-corrected chi connectivity index (χ0v) is 16.6. The summed E-state index contributed by atoms with van der Waals surface area (Å²) in [5.74, 6) is -1.26. The SMILES string of the molecule is Cc1ccncc1C(=O)Nc1ccn2c1C(=O)N(c1ccc(Cl)c(F)c1)C[C@@H]2C. The van der Waals surface area contributed by atoms with Gasteiger partial charge < -0.3 is 14.8 Å². The Labute approximate surface area is 171 Å². The van der Waals surface area contributed by atoms with Gasteiger partial charge in [-0.1, -0.05) is 11.6 Å². The first-order valence-corrected chi connectivity index (χ1v) is 9.44. The van der Waals surface area contributed by atoms with Crippen molar-refractivity contribution < 1.29 is 14.0 Å². The minimum Gasteiger partial charge on any atom is -0.337 e. The molecule has 29 heavy (non-hydrogen) atoms. The average molecular weight is 413 g/mol. The number of aromatic nitrogens is 2. The fourth-order valence-electron chi connectivity index (χ4n) is 3.47. The molecule has 3 heterocycles. The lowest BCUT2D eigenvalue weighted by Crippen LogP contribution is -2.42. The lowest BCUT2D eigenvalue weighted by atomic mass is 10.1. The number of nitrogens with one attached hydrogen (secondary N) is 1. The number of aryl methyl sites for hydroxylation is 1. The van der Waals surface area contributed by atoms with Gasteiger partial charge in [-0.3, -0.25) is 14.6 Å². The van der Waals surface area contributed by atoms with E-state index in [9.17, 15) is 14.0 Å². The van der Waals surface area contributed by atoms with E-state index in [0.29, 0.717) is 29.2 Å². The number of fused-ring (bicyclic) bond motifs is 1. The molecule has 1 N–H and O–H groups in total. The number of pyridine rings is 1. The van der Waals surface area contributed by atoms with Gasteiger partial charge in [0.25, 0.3) is 11.8 Å². The average Bonchev–Trinajstić information content (AvgIpc) is 3.11. The van der Waals surface area contributed by atoms with Crippen molar-refractivity contribution in [1.29, 1.82) is 0 Å². The summed E-state index contributed by atoms with van der Waals surface area (Å²) in [7, 11) is 0. The lowest BCUT2D eigenvalue weighted by molar-refractivity contribution is 0.0958. The minimum absolute atomic E-state index is 0.00516. The second-order valence-corrected chi connectivity index (χ2v) is 7.40. The molecule has 8 heteroatoms. The van der Waals surface area contributed by atoms with Crippen LogP contribution in [0, 0.1) is 12.7 Å². The molecule has 0 bridgehead atoms. The molecule has 6 nitrogen and oxygen atoms in total. The number of benzene rings is 1. The minimum atomic E-state index is -0.592. The van der Waals surface area contributed by atoms with E-state index in [0.717, 1.165) is 5.56 Å². The number of hydrogen-bond acceptors (Lipinski definition) is 3. The third kappa shape index (κ3) is 3.38. The standard InChI is InChI=1S/C21H18ClFN4O2/c1-12-5-7-24-10-15(12)20(28)25-18-6-8-26-13(2)11-27(21(29)19(18)26)14-3-4-16(22)17(23)9-14/h3-10,13H,11H2,1-2H3,(H,25,28)/t13-/m0/s1. The fraction of sp³-hybridized carbons (Fsp3) is 0.190. The maximum atomic E-state index is 13.9. The van der Waals surface area contributed by atoms with Crippen LogP contribution in [-0.4, -0.2) is 27.9 Å². The van der Waals surface area contributed by atoms with Crippen LogP contribution in [0.15, 0.2) is 48.9 Å². The number of anilines is 2. The monoisotopic (exact) mass is 412 g/mol. The number of carbonyl (C=O) groups is 2. The van der Waals surface area contributed by atoms with Crippen LogP contribution in [0.4, 0.5) is 15.8 Å². The maximum absolute atomic E-state index is 13.9. The first-order chi connectivity index (χ1) is 13.9. The fourth-order valence-corrected chi connectivity index (χ4v) is 3.59. The normalized spacial score (nSPS) is 15.9. The molecule has 0 saturated heterocycles. The lowest BCUT2D eigenvalue weighted by Gasteiger charge is -2.33. The molecule has 148 valence electrons. The molecule has 2 amide bonds. The highest BCUT2D eigenvalue weighted by atomic mass is 35.5. The van der Waals surface area contributed by atoms with Crippen LogP contribution in [0.2, 0.25) is 5.02 Å². The summed E-state index contributed by atoms with van der Waals surface area (Å²) in [6.45, 7) is 4.14. The summed E-state index contributed by atoms with van der Waals surface area (Å²) in [5.41, 5.74) is 2.36. The van der Waals surface area contributed by atoms with Crippen molar-refractivity contribution in [1.82, 2.24) is 9.55 Å². The van der Waals surface area contributed by atoms with Crippen LogP contribution < -0.4 is 10.2 Å². The second kappa shape index (κ2) is 7.33. The molecule has 1 aromatic carbocycles. The van der Waals surface area contributed by atoms with Crippen molar-refractivity contribution in [3.8, 4) is 0 Å². The van der Waals surface area contributed by atoms with Crippen LogP contribution in [0.25, 0.3) is 0 Å². The Bertz CT molecular complexity index is 1130. The van der Waals surface area contributed by atoms with Crippen molar-refractivity contribution in [3.63, 3.8) is 0 Å². The third-order valence-corrected chi connectivity index (χ3v) is 5.34. The highest BCUT2D eigenvalue weighted by Crippen LogP contribution is 2.32. The summed E-state index contributed by atoms with van der Waals surface area (Å²) >= 11 is 5.77. The van der Waals surface area contributed by atoms with Crippen LogP contribution in [0.1, 0.15) is 39.4 Å². The largest absolute Gasteiger partial charge is 0.337 e. The van der Waals surface area contributed by atoms with Crippen LogP contribution in [-0.2, 0) is 0 Å². The maximum Gasteiger partial charge on any atom is 0.277 e. The molecule has 3 aromatic rings. The summed E-state index contributed by atoms with van der Waals surface area (Å²) in [5, 5.41) is 2.80. The molecule has 0 aliphatic carbocycles. The van der Waals surface area contributed by atoms with Gasteiger partial charge in [0.2, 0.25) is 0 Å². The van der Waals surface area contributed by atoms with Gasteiger partial charge in [0, 0.05) is 36.9 Å². The number of carbonyl (C=O) groups excluding carboxylic acids is 2. The highest BCUT2D eigenvalue weighted by Gasteiger charge is 2.33. The molecule has 4 rings (SSSR count). The van der Waals surface area contributed by atoms with Gasteiger partial charge in [0.15, 0.2) is 0 Å². The second-order valence-electron chi connectivity index (χ2n) is 6.99. The van der Waals surface area contributed by atoms with Crippen molar-refractivity contribution in [2.75, 3.05) is 16.8 Å². The van der Waals surface area contributed by atoms with E-state index < -0.39 is 5.82 Å². The van der Waals surface area contributed by atoms with E-state index in [1.807, 2.05) is 18.4 Å². The molecule has 1 aliphatic rings. The first kappa shape index (κ1) is 19.1. The summed E-state index contributed by atoms with van der Waals surface area (Å²) < 4.78 is 15.7. The van der Waals surface area contributed by atoms with E-state index in [4.69, 9.17) is 11.6 Å². The van der Waals surface area contributed by atoms with Crippen molar-refractivity contribution in [2.24, 2.45) is 0 Å². The highest BCUT2D eigenvalue weighted by molar-refractivity contribution is 6.30. The Morgan fingerprint density at radius 1 is 1.31 bits per heavy atom. The molecule has 1 atom stereocenters. The molecule has 1 aliphatic heterocycles. The molecule has 0 fully saturated rings. The van der Waals surface area contributed by atoms with E-state index in [1.165, 1.54) is 23.2 Å². The number of nitrogens with zero attached hydrogens (tertiary/aromatic N) is 3. The van der Waals surface area contributed by atoms with E-state index in [2.05, 4.69) is 10.3 Å². The third-order valence-electron chi connectivity index (χ3n) is 5.03. The van der Waals surface area contributed by atoms with Gasteiger partial charge >= 0.3 is 0 Å². The van der Waals surface area contributed by atoms with Crippen LogP contribution in [0.3, 0.4) is 0 Å². The molecular weight excluding hydrogens is 395 g/mol. The Hall–Kier alpha value is -3.19. The van der Waals surface area contributed by atoms with E-state index in [1.54, 1.807) is 30.6 Å². The van der Waals surface area contributed by atoms with Gasteiger partial charge in [-0.05, 0) is 49.7 Å². The Balaban J connectivity index is 1.68. The van der Waals surface area contributed by atoms with Gasteiger partial charge in [-0.2, -0.15) is 0 Å². The number of amides is 2. The van der Waals surface area contributed by atoms with Gasteiger partial charge in [0.05, 0.1) is 16.3 Å². The smallest absolute Gasteiger partial charge is 0.277 e. The molecule has 0 saturated carbocycles. The molecule has 0 unspecified atom stereocenters. The van der Waals surface area contributed by atoms with Crippen molar-refractivity contribution >= 4 is 34.8 Å². The topological polar surface area (TPSA) is 67.2 Å². The van der Waals surface area contributed by atoms with Gasteiger partial charge in [0.1, 0.15) is 11.5 Å². The summed E-state index contributed by atoms with van der Waals surface area (Å²) in [6.07, 6.45) is 4.87. The van der Waals surface area contributed by atoms with Gasteiger partial charge in [-0.15, -0.1) is 0 Å².